The summed E-state index contributed by atoms with van der Waals surface area (Å²) >= 11 is 0. The van der Waals surface area contributed by atoms with E-state index >= 15 is 0 Å². The fourth-order valence-corrected chi connectivity index (χ4v) is 4.17. The number of hydrogen-bond acceptors (Lipinski definition) is 6. The summed E-state index contributed by atoms with van der Waals surface area (Å²) in [5.41, 5.74) is 2.11. The maximum Gasteiger partial charge on any atom is 0.322 e. The zero-order chi connectivity index (χ0) is 24.4. The lowest BCUT2D eigenvalue weighted by Gasteiger charge is -2.31. The number of nitrogens with one attached hydrogen (secondary N) is 2. The Morgan fingerprint density at radius 1 is 1.06 bits per heavy atom. The maximum atomic E-state index is 13.4. The Labute approximate surface area is 197 Å². The number of nitrogens with zero attached hydrogens (tertiary/aromatic N) is 2. The SMILES string of the molecule is COc1ccc(NC(=O)CN2CC3=C(C2=O)[C@H](c2cccc(OC)c2OC)NC(=O)N3C)cc1. The molecular formula is C24H26N4O6. The molecule has 2 aromatic carbocycles. The van der Waals surface area contributed by atoms with Crippen LogP contribution >= 0.6 is 0 Å². The van der Waals surface area contributed by atoms with Crippen LogP contribution in [0.2, 0.25) is 0 Å². The van der Waals surface area contributed by atoms with Crippen molar-refractivity contribution in [3.05, 3.63) is 59.3 Å². The average Bonchev–Trinajstić information content (AvgIpc) is 3.17. The van der Waals surface area contributed by atoms with Gasteiger partial charge < -0.3 is 29.7 Å². The molecule has 34 heavy (non-hydrogen) atoms. The van der Waals surface area contributed by atoms with Crippen molar-refractivity contribution in [2.75, 3.05) is 46.8 Å². The Balaban J connectivity index is 1.58. The number of methoxy groups -OCH3 is 3. The Hall–Kier alpha value is -4.21. The Morgan fingerprint density at radius 2 is 1.79 bits per heavy atom. The molecule has 2 heterocycles. The van der Waals surface area contributed by atoms with Crippen molar-refractivity contribution in [3.8, 4) is 17.2 Å². The van der Waals surface area contributed by atoms with Crippen LogP contribution in [-0.2, 0) is 9.59 Å². The predicted molar refractivity (Wildman–Crippen MR) is 124 cm³/mol. The van der Waals surface area contributed by atoms with E-state index in [0.29, 0.717) is 39.8 Å². The molecule has 2 aromatic rings. The standard InChI is InChI=1S/C24H26N4O6/c1-27-17-12-28(13-19(29)25-14-8-10-15(32-2)11-9-14)23(30)20(17)21(26-24(27)31)16-6-5-7-18(33-3)22(16)34-4/h5-11,21H,12-13H2,1-4H3,(H,25,29)(H,26,31)/t21-/m0/s1. The summed E-state index contributed by atoms with van der Waals surface area (Å²) in [6.45, 7) is -0.0290. The normalized spacial score (nSPS) is 17.4. The van der Waals surface area contributed by atoms with Crippen molar-refractivity contribution in [2.24, 2.45) is 0 Å². The molecule has 0 spiro atoms. The molecule has 0 radical (unpaired) electrons. The van der Waals surface area contributed by atoms with E-state index in [1.807, 2.05) is 0 Å². The van der Waals surface area contributed by atoms with Gasteiger partial charge >= 0.3 is 6.03 Å². The van der Waals surface area contributed by atoms with Crippen LogP contribution in [0.1, 0.15) is 11.6 Å². The molecule has 0 bridgehead atoms. The minimum atomic E-state index is -0.745. The summed E-state index contributed by atoms with van der Waals surface area (Å²) in [7, 11) is 6.17. The molecule has 10 nitrogen and oxygen atoms in total. The molecule has 2 aliphatic heterocycles. The third-order valence-corrected chi connectivity index (χ3v) is 5.89. The Morgan fingerprint density at radius 3 is 2.44 bits per heavy atom. The van der Waals surface area contributed by atoms with E-state index in [1.165, 1.54) is 24.0 Å². The quantitative estimate of drug-likeness (QED) is 0.647. The van der Waals surface area contributed by atoms with E-state index in [2.05, 4.69) is 10.6 Å². The minimum absolute atomic E-state index is 0.136. The fourth-order valence-electron chi connectivity index (χ4n) is 4.17. The highest BCUT2D eigenvalue weighted by Gasteiger charge is 2.44. The van der Waals surface area contributed by atoms with Crippen LogP contribution in [0.15, 0.2) is 53.7 Å². The van der Waals surface area contributed by atoms with E-state index in [0.717, 1.165) is 0 Å². The van der Waals surface area contributed by atoms with Crippen LogP contribution in [0, 0.1) is 0 Å². The number of ether oxygens (including phenoxy) is 3. The van der Waals surface area contributed by atoms with Gasteiger partial charge in [-0.25, -0.2) is 4.79 Å². The molecule has 0 fully saturated rings. The summed E-state index contributed by atoms with van der Waals surface area (Å²) < 4.78 is 16.0. The minimum Gasteiger partial charge on any atom is -0.497 e. The van der Waals surface area contributed by atoms with Crippen LogP contribution in [0.25, 0.3) is 0 Å². The number of para-hydroxylation sites is 1. The van der Waals surface area contributed by atoms with Gasteiger partial charge in [0.15, 0.2) is 11.5 Å². The molecule has 10 heteroatoms. The number of amides is 4. The van der Waals surface area contributed by atoms with Crippen LogP contribution in [-0.4, -0.2) is 69.1 Å². The molecule has 2 N–H and O–H groups in total. The summed E-state index contributed by atoms with van der Waals surface area (Å²) in [5.74, 6) is 0.896. The number of likely N-dealkylation sites (N-methyl/N-ethyl adjacent to an activating group) is 1. The third-order valence-electron chi connectivity index (χ3n) is 5.89. The zero-order valence-electron chi connectivity index (χ0n) is 19.4. The number of hydrogen-bond donors (Lipinski definition) is 2. The van der Waals surface area contributed by atoms with Crippen molar-refractivity contribution >= 4 is 23.5 Å². The molecule has 0 saturated heterocycles. The van der Waals surface area contributed by atoms with Crippen molar-refractivity contribution in [3.63, 3.8) is 0 Å². The van der Waals surface area contributed by atoms with Crippen LogP contribution in [0.3, 0.4) is 0 Å². The predicted octanol–water partition coefficient (Wildman–Crippen LogP) is 2.14. The van der Waals surface area contributed by atoms with E-state index in [4.69, 9.17) is 14.2 Å². The summed E-state index contributed by atoms with van der Waals surface area (Å²) in [4.78, 5) is 41.6. The van der Waals surface area contributed by atoms with Gasteiger partial charge in [-0.2, -0.15) is 0 Å². The first-order valence-corrected chi connectivity index (χ1v) is 10.6. The van der Waals surface area contributed by atoms with Crippen molar-refractivity contribution in [1.82, 2.24) is 15.1 Å². The van der Waals surface area contributed by atoms with Crippen LogP contribution < -0.4 is 24.8 Å². The molecule has 178 valence electrons. The molecular weight excluding hydrogens is 440 g/mol. The largest absolute Gasteiger partial charge is 0.497 e. The Kier molecular flexibility index (Phi) is 6.31. The van der Waals surface area contributed by atoms with E-state index < -0.39 is 6.04 Å². The fraction of sp³-hybridized carbons (Fsp3) is 0.292. The lowest BCUT2D eigenvalue weighted by atomic mass is 9.94. The average molecular weight is 466 g/mol. The highest BCUT2D eigenvalue weighted by Crippen LogP contribution is 2.42. The molecule has 0 aromatic heterocycles. The van der Waals surface area contributed by atoms with Gasteiger partial charge in [-0.3, -0.25) is 14.5 Å². The first kappa shape index (κ1) is 23.0. The van der Waals surface area contributed by atoms with Gasteiger partial charge in [-0.05, 0) is 30.3 Å². The topological polar surface area (TPSA) is 109 Å². The van der Waals surface area contributed by atoms with Crippen molar-refractivity contribution < 1.29 is 28.6 Å². The maximum absolute atomic E-state index is 13.4. The van der Waals surface area contributed by atoms with Crippen molar-refractivity contribution in [2.45, 2.75) is 6.04 Å². The molecule has 2 aliphatic rings. The van der Waals surface area contributed by atoms with Gasteiger partial charge in [0.2, 0.25) is 5.91 Å². The van der Waals surface area contributed by atoms with Gasteiger partial charge in [-0.1, -0.05) is 12.1 Å². The van der Waals surface area contributed by atoms with E-state index in [1.54, 1.807) is 56.6 Å². The number of benzene rings is 2. The van der Waals surface area contributed by atoms with E-state index in [9.17, 15) is 14.4 Å². The molecule has 0 unspecified atom stereocenters. The lowest BCUT2D eigenvalue weighted by molar-refractivity contribution is -0.130. The van der Waals surface area contributed by atoms with Gasteiger partial charge in [-0.15, -0.1) is 0 Å². The number of rotatable bonds is 7. The smallest absolute Gasteiger partial charge is 0.322 e. The zero-order valence-corrected chi connectivity index (χ0v) is 19.4. The first-order valence-electron chi connectivity index (χ1n) is 10.6. The second kappa shape index (κ2) is 9.34. The highest BCUT2D eigenvalue weighted by molar-refractivity contribution is 6.04. The van der Waals surface area contributed by atoms with Gasteiger partial charge in [0.25, 0.3) is 5.91 Å². The first-order chi connectivity index (χ1) is 16.4. The molecule has 0 aliphatic carbocycles. The summed E-state index contributed by atoms with van der Waals surface area (Å²) in [6.07, 6.45) is 0. The number of carbonyl (C=O) groups excluding carboxylic acids is 3. The molecule has 1 atom stereocenters. The van der Waals surface area contributed by atoms with Crippen molar-refractivity contribution in [1.29, 1.82) is 0 Å². The van der Waals surface area contributed by atoms with Gasteiger partial charge in [0.05, 0.1) is 45.2 Å². The Bertz CT molecular complexity index is 1160. The lowest BCUT2D eigenvalue weighted by Crippen LogP contribution is -2.45. The van der Waals surface area contributed by atoms with Crippen LogP contribution in [0.5, 0.6) is 17.2 Å². The molecule has 4 amide bonds. The number of anilines is 1. The van der Waals surface area contributed by atoms with E-state index in [-0.39, 0.29) is 30.9 Å². The van der Waals surface area contributed by atoms with Gasteiger partial charge in [0, 0.05) is 18.3 Å². The number of urea groups is 1. The summed E-state index contributed by atoms with van der Waals surface area (Å²) in [6, 6.07) is 11.1. The van der Waals surface area contributed by atoms with Gasteiger partial charge in [0.1, 0.15) is 12.3 Å². The molecule has 0 saturated carbocycles. The summed E-state index contributed by atoms with van der Waals surface area (Å²) in [5, 5.41) is 5.65. The number of carbonyl (C=O) groups is 3. The molecule has 4 rings (SSSR count). The second-order valence-electron chi connectivity index (χ2n) is 7.82. The third kappa shape index (κ3) is 4.09. The highest BCUT2D eigenvalue weighted by atomic mass is 16.5. The second-order valence-corrected chi connectivity index (χ2v) is 7.82. The van der Waals surface area contributed by atoms with Crippen LogP contribution in [0.4, 0.5) is 10.5 Å². The monoisotopic (exact) mass is 466 g/mol.